The molecule has 0 spiro atoms. The number of carbonyl (C=O) groups excluding carboxylic acids is 2. The Morgan fingerprint density at radius 3 is 2.94 bits per heavy atom. The van der Waals surface area contributed by atoms with Crippen LogP contribution in [0.2, 0.25) is 0 Å². The largest absolute Gasteiger partial charge is 0.370 e. The standard InChI is InChI=1S/C13H15FN2O2/c14-11-3-4-12(10(6-11)8-17)16-5-1-2-9(7-16)13(15)18/h3-4,6,8-9H,1-2,5,7H2,(H2,15,18). The minimum Gasteiger partial charge on any atom is -0.370 e. The summed E-state index contributed by atoms with van der Waals surface area (Å²) in [4.78, 5) is 24.1. The van der Waals surface area contributed by atoms with Crippen molar-refractivity contribution in [2.45, 2.75) is 12.8 Å². The third-order valence-electron chi connectivity index (χ3n) is 3.28. The maximum Gasteiger partial charge on any atom is 0.222 e. The summed E-state index contributed by atoms with van der Waals surface area (Å²) in [6, 6.07) is 4.09. The molecule has 1 aliphatic heterocycles. The molecule has 1 heterocycles. The summed E-state index contributed by atoms with van der Waals surface area (Å²) in [7, 11) is 0. The second-order valence-electron chi connectivity index (χ2n) is 4.51. The number of primary amides is 1. The summed E-state index contributed by atoms with van der Waals surface area (Å²) in [6.07, 6.45) is 2.24. The zero-order valence-corrected chi connectivity index (χ0v) is 9.93. The molecule has 1 aliphatic rings. The highest BCUT2D eigenvalue weighted by Gasteiger charge is 2.25. The highest BCUT2D eigenvalue weighted by atomic mass is 19.1. The number of nitrogens with two attached hydrogens (primary N) is 1. The lowest BCUT2D eigenvalue weighted by Crippen LogP contribution is -2.41. The number of halogens is 1. The lowest BCUT2D eigenvalue weighted by atomic mass is 9.96. The molecule has 1 atom stereocenters. The number of hydrogen-bond acceptors (Lipinski definition) is 3. The molecule has 1 aromatic rings. The van der Waals surface area contributed by atoms with E-state index in [1.54, 1.807) is 6.07 Å². The van der Waals surface area contributed by atoms with E-state index in [2.05, 4.69) is 0 Å². The van der Waals surface area contributed by atoms with E-state index < -0.39 is 5.82 Å². The fourth-order valence-corrected chi connectivity index (χ4v) is 2.34. The summed E-state index contributed by atoms with van der Waals surface area (Å²) >= 11 is 0. The molecular weight excluding hydrogens is 235 g/mol. The van der Waals surface area contributed by atoms with Gasteiger partial charge in [-0.2, -0.15) is 0 Å². The predicted octanol–water partition coefficient (Wildman–Crippen LogP) is 1.34. The molecule has 1 aromatic carbocycles. The van der Waals surface area contributed by atoms with Gasteiger partial charge in [-0.15, -0.1) is 0 Å². The number of rotatable bonds is 3. The Balaban J connectivity index is 2.25. The summed E-state index contributed by atoms with van der Waals surface area (Å²) in [6.45, 7) is 1.23. The fourth-order valence-electron chi connectivity index (χ4n) is 2.34. The van der Waals surface area contributed by atoms with Crippen molar-refractivity contribution in [3.63, 3.8) is 0 Å². The summed E-state index contributed by atoms with van der Waals surface area (Å²) in [5.74, 6) is -0.970. The monoisotopic (exact) mass is 250 g/mol. The van der Waals surface area contributed by atoms with Crippen molar-refractivity contribution in [2.24, 2.45) is 11.7 Å². The van der Waals surface area contributed by atoms with E-state index in [9.17, 15) is 14.0 Å². The average Bonchev–Trinajstić information content (AvgIpc) is 2.38. The lowest BCUT2D eigenvalue weighted by Gasteiger charge is -2.33. The van der Waals surface area contributed by atoms with E-state index in [1.807, 2.05) is 4.90 Å². The van der Waals surface area contributed by atoms with Gasteiger partial charge in [-0.1, -0.05) is 0 Å². The maximum atomic E-state index is 13.1. The first kappa shape index (κ1) is 12.5. The molecule has 1 amide bonds. The van der Waals surface area contributed by atoms with E-state index in [0.717, 1.165) is 19.4 Å². The number of carbonyl (C=O) groups is 2. The van der Waals surface area contributed by atoms with E-state index in [0.29, 0.717) is 24.1 Å². The van der Waals surface area contributed by atoms with Gasteiger partial charge in [-0.3, -0.25) is 9.59 Å². The number of piperidine rings is 1. The number of aldehydes is 1. The van der Waals surface area contributed by atoms with Gasteiger partial charge in [0.2, 0.25) is 5.91 Å². The van der Waals surface area contributed by atoms with Crippen LogP contribution in [0.1, 0.15) is 23.2 Å². The van der Waals surface area contributed by atoms with Crippen molar-refractivity contribution in [3.05, 3.63) is 29.6 Å². The molecule has 1 fully saturated rings. The zero-order valence-electron chi connectivity index (χ0n) is 9.93. The van der Waals surface area contributed by atoms with Crippen molar-refractivity contribution in [2.75, 3.05) is 18.0 Å². The second-order valence-corrected chi connectivity index (χ2v) is 4.51. The minimum absolute atomic E-state index is 0.205. The predicted molar refractivity (Wildman–Crippen MR) is 65.9 cm³/mol. The van der Waals surface area contributed by atoms with Crippen LogP contribution in [-0.2, 0) is 4.79 Å². The van der Waals surface area contributed by atoms with Crippen LogP contribution in [-0.4, -0.2) is 25.3 Å². The quantitative estimate of drug-likeness (QED) is 0.823. The van der Waals surface area contributed by atoms with Gasteiger partial charge in [0.1, 0.15) is 5.82 Å². The Labute approximate surface area is 105 Å². The Morgan fingerprint density at radius 1 is 1.50 bits per heavy atom. The number of benzene rings is 1. The van der Waals surface area contributed by atoms with E-state index >= 15 is 0 Å². The van der Waals surface area contributed by atoms with E-state index in [-0.39, 0.29) is 11.8 Å². The molecule has 0 bridgehead atoms. The van der Waals surface area contributed by atoms with Crippen molar-refractivity contribution in [3.8, 4) is 0 Å². The van der Waals surface area contributed by atoms with Gasteiger partial charge in [-0.25, -0.2) is 4.39 Å². The zero-order chi connectivity index (χ0) is 13.1. The highest BCUT2D eigenvalue weighted by molar-refractivity contribution is 5.85. The van der Waals surface area contributed by atoms with E-state index in [1.165, 1.54) is 12.1 Å². The first-order valence-corrected chi connectivity index (χ1v) is 5.91. The van der Waals surface area contributed by atoms with Crippen LogP contribution in [0, 0.1) is 11.7 Å². The summed E-state index contributed by atoms with van der Waals surface area (Å²) < 4.78 is 13.1. The highest BCUT2D eigenvalue weighted by Crippen LogP contribution is 2.26. The van der Waals surface area contributed by atoms with Gasteiger partial charge in [-0.05, 0) is 31.0 Å². The molecule has 1 unspecified atom stereocenters. The topological polar surface area (TPSA) is 63.4 Å². The second kappa shape index (κ2) is 5.16. The Bertz CT molecular complexity index is 476. The first-order chi connectivity index (χ1) is 8.61. The minimum atomic E-state index is -0.440. The van der Waals surface area contributed by atoms with E-state index in [4.69, 9.17) is 5.73 Å². The van der Waals surface area contributed by atoms with Gasteiger partial charge in [0.05, 0.1) is 5.92 Å². The first-order valence-electron chi connectivity index (χ1n) is 5.91. The molecule has 96 valence electrons. The molecule has 2 N–H and O–H groups in total. The van der Waals surface area contributed by atoms with Crippen molar-refractivity contribution < 1.29 is 14.0 Å². The molecule has 0 aliphatic carbocycles. The third kappa shape index (κ3) is 2.50. The van der Waals surface area contributed by atoms with Crippen LogP contribution < -0.4 is 10.6 Å². The van der Waals surface area contributed by atoms with Crippen LogP contribution in [0.25, 0.3) is 0 Å². The van der Waals surface area contributed by atoms with Crippen LogP contribution >= 0.6 is 0 Å². The summed E-state index contributed by atoms with van der Waals surface area (Å²) in [5, 5.41) is 0. The third-order valence-corrected chi connectivity index (χ3v) is 3.28. The molecule has 2 rings (SSSR count). The molecule has 4 nitrogen and oxygen atoms in total. The number of anilines is 1. The number of nitrogens with zero attached hydrogens (tertiary/aromatic N) is 1. The SMILES string of the molecule is NC(=O)C1CCCN(c2ccc(F)cc2C=O)C1. The molecule has 1 saturated heterocycles. The number of amides is 1. The Morgan fingerprint density at radius 2 is 2.28 bits per heavy atom. The van der Waals surface area contributed by atoms with Gasteiger partial charge in [0.15, 0.2) is 6.29 Å². The fraction of sp³-hybridized carbons (Fsp3) is 0.385. The van der Waals surface area contributed by atoms with Gasteiger partial charge >= 0.3 is 0 Å². The Hall–Kier alpha value is -1.91. The van der Waals surface area contributed by atoms with Crippen LogP contribution in [0.15, 0.2) is 18.2 Å². The normalized spacial score (nSPS) is 19.6. The molecule has 0 aromatic heterocycles. The van der Waals surface area contributed by atoms with Crippen molar-refractivity contribution in [1.29, 1.82) is 0 Å². The van der Waals surface area contributed by atoms with Gasteiger partial charge < -0.3 is 10.6 Å². The summed E-state index contributed by atoms with van der Waals surface area (Å²) in [5.41, 5.74) is 6.28. The molecule has 18 heavy (non-hydrogen) atoms. The van der Waals surface area contributed by atoms with Gasteiger partial charge in [0.25, 0.3) is 0 Å². The smallest absolute Gasteiger partial charge is 0.222 e. The lowest BCUT2D eigenvalue weighted by molar-refractivity contribution is -0.122. The molecular formula is C13H15FN2O2. The van der Waals surface area contributed by atoms with Gasteiger partial charge in [0, 0.05) is 24.3 Å². The van der Waals surface area contributed by atoms with Crippen molar-refractivity contribution >= 4 is 17.9 Å². The van der Waals surface area contributed by atoms with Crippen molar-refractivity contribution in [1.82, 2.24) is 0 Å². The maximum absolute atomic E-state index is 13.1. The van der Waals surface area contributed by atoms with Crippen LogP contribution in [0.4, 0.5) is 10.1 Å². The average molecular weight is 250 g/mol. The number of hydrogen-bond donors (Lipinski definition) is 1. The van der Waals surface area contributed by atoms with Crippen LogP contribution in [0.5, 0.6) is 0 Å². The molecule has 5 heteroatoms. The Kier molecular flexibility index (Phi) is 3.60. The molecule has 0 saturated carbocycles. The van der Waals surface area contributed by atoms with Crippen LogP contribution in [0.3, 0.4) is 0 Å². The molecule has 0 radical (unpaired) electrons.